The number of guanidine groups is 1. The third-order valence-corrected chi connectivity index (χ3v) is 6.60. The average molecular weight is 360 g/mol. The van der Waals surface area contributed by atoms with Gasteiger partial charge in [-0.25, -0.2) is 22.7 Å². The molecule has 0 unspecified atom stereocenters. The van der Waals surface area contributed by atoms with Crippen molar-refractivity contribution in [2.75, 3.05) is 31.9 Å². The van der Waals surface area contributed by atoms with E-state index < -0.39 is 10.0 Å². The van der Waals surface area contributed by atoms with E-state index in [4.69, 9.17) is 0 Å². The van der Waals surface area contributed by atoms with E-state index in [1.54, 1.807) is 15.6 Å². The number of aromatic nitrogens is 1. The maximum atomic E-state index is 11.8. The van der Waals surface area contributed by atoms with Crippen LogP contribution < -0.4 is 10.6 Å². The molecular formula is C14H25N5O2S2. The van der Waals surface area contributed by atoms with Crippen molar-refractivity contribution in [3.63, 3.8) is 0 Å². The van der Waals surface area contributed by atoms with E-state index in [-0.39, 0.29) is 5.75 Å². The summed E-state index contributed by atoms with van der Waals surface area (Å²) < 4.78 is 25.1. The summed E-state index contributed by atoms with van der Waals surface area (Å²) in [4.78, 5) is 10.1. The van der Waals surface area contributed by atoms with Crippen LogP contribution >= 0.6 is 11.3 Å². The van der Waals surface area contributed by atoms with Crippen molar-refractivity contribution in [1.29, 1.82) is 0 Å². The molecule has 0 aromatic carbocycles. The van der Waals surface area contributed by atoms with Gasteiger partial charge in [0, 0.05) is 31.1 Å². The minimum atomic E-state index is -3.03. The Morgan fingerprint density at radius 3 is 2.74 bits per heavy atom. The van der Waals surface area contributed by atoms with Crippen molar-refractivity contribution < 1.29 is 8.42 Å². The van der Waals surface area contributed by atoms with Gasteiger partial charge in [-0.15, -0.1) is 11.3 Å². The van der Waals surface area contributed by atoms with Gasteiger partial charge in [0.15, 0.2) is 5.96 Å². The van der Waals surface area contributed by atoms with E-state index in [0.29, 0.717) is 32.1 Å². The molecule has 1 aromatic rings. The predicted octanol–water partition coefficient (Wildman–Crippen LogP) is 0.851. The van der Waals surface area contributed by atoms with Gasteiger partial charge < -0.3 is 10.6 Å². The molecule has 1 aliphatic rings. The largest absolute Gasteiger partial charge is 0.357 e. The van der Waals surface area contributed by atoms with Gasteiger partial charge in [0.1, 0.15) is 0 Å². The van der Waals surface area contributed by atoms with Crippen LogP contribution in [0.1, 0.15) is 28.9 Å². The SMILES string of the molecule is CCNC(=NCc1sc(C)nc1C)NCCN1CCCS1(=O)=O. The highest BCUT2D eigenvalue weighted by Gasteiger charge is 2.27. The normalized spacial score (nSPS) is 18.3. The number of hydrogen-bond donors (Lipinski definition) is 2. The summed E-state index contributed by atoms with van der Waals surface area (Å²) in [6.45, 7) is 8.97. The lowest BCUT2D eigenvalue weighted by molar-refractivity contribution is 0.445. The second-order valence-electron chi connectivity index (χ2n) is 5.43. The van der Waals surface area contributed by atoms with Crippen molar-refractivity contribution >= 4 is 27.3 Å². The molecule has 0 spiro atoms. The van der Waals surface area contributed by atoms with E-state index in [9.17, 15) is 8.42 Å². The van der Waals surface area contributed by atoms with E-state index in [1.165, 1.54) is 0 Å². The van der Waals surface area contributed by atoms with Crippen LogP contribution in [0.4, 0.5) is 0 Å². The first kappa shape index (κ1) is 18.2. The number of aryl methyl sites for hydroxylation is 2. The molecule has 2 rings (SSSR count). The van der Waals surface area contributed by atoms with Gasteiger partial charge in [0.25, 0.3) is 0 Å². The Bertz CT molecular complexity index is 654. The molecule has 0 amide bonds. The number of sulfonamides is 1. The molecule has 7 nitrogen and oxygen atoms in total. The molecule has 0 aliphatic carbocycles. The fourth-order valence-electron chi connectivity index (χ4n) is 2.45. The number of thiazole rings is 1. The third kappa shape index (κ3) is 5.15. The molecule has 1 fully saturated rings. The van der Waals surface area contributed by atoms with E-state index in [2.05, 4.69) is 20.6 Å². The topological polar surface area (TPSA) is 86.7 Å². The number of nitrogens with one attached hydrogen (secondary N) is 2. The van der Waals surface area contributed by atoms with Crippen LogP contribution in [0, 0.1) is 13.8 Å². The summed E-state index contributed by atoms with van der Waals surface area (Å²) in [5, 5.41) is 7.43. The van der Waals surface area contributed by atoms with E-state index >= 15 is 0 Å². The number of rotatable bonds is 6. The lowest BCUT2D eigenvalue weighted by Gasteiger charge is -2.16. The van der Waals surface area contributed by atoms with Crippen molar-refractivity contribution in [2.45, 2.75) is 33.7 Å². The molecular weight excluding hydrogens is 334 g/mol. The van der Waals surface area contributed by atoms with Crippen LogP contribution in [0.25, 0.3) is 0 Å². The smallest absolute Gasteiger partial charge is 0.214 e. The Kier molecular flexibility index (Phi) is 6.37. The van der Waals surface area contributed by atoms with Crippen LogP contribution in [0.15, 0.2) is 4.99 Å². The van der Waals surface area contributed by atoms with Crippen LogP contribution in [0.3, 0.4) is 0 Å². The maximum Gasteiger partial charge on any atom is 0.214 e. The Hall–Kier alpha value is -1.19. The summed E-state index contributed by atoms with van der Waals surface area (Å²) in [7, 11) is -3.03. The van der Waals surface area contributed by atoms with E-state index in [0.717, 1.165) is 28.5 Å². The number of aliphatic imine (C=N–C) groups is 1. The molecule has 2 heterocycles. The lowest BCUT2D eigenvalue weighted by Crippen LogP contribution is -2.42. The molecule has 2 N–H and O–H groups in total. The Balaban J connectivity index is 1.88. The first-order chi connectivity index (χ1) is 10.9. The van der Waals surface area contributed by atoms with E-state index in [1.807, 2.05) is 20.8 Å². The molecule has 1 aliphatic heterocycles. The molecule has 9 heteroatoms. The molecule has 0 atom stereocenters. The van der Waals surface area contributed by atoms with Crippen LogP contribution in [0.2, 0.25) is 0 Å². The summed E-state index contributed by atoms with van der Waals surface area (Å²) >= 11 is 1.66. The van der Waals surface area contributed by atoms with Gasteiger partial charge in [0.2, 0.25) is 10.0 Å². The van der Waals surface area contributed by atoms with Crippen LogP contribution in [-0.2, 0) is 16.6 Å². The van der Waals surface area contributed by atoms with Crippen molar-refractivity contribution in [3.8, 4) is 0 Å². The molecule has 23 heavy (non-hydrogen) atoms. The maximum absolute atomic E-state index is 11.8. The molecule has 130 valence electrons. The Labute approximate surface area is 142 Å². The predicted molar refractivity (Wildman–Crippen MR) is 94.4 cm³/mol. The van der Waals surface area contributed by atoms with Gasteiger partial charge in [0.05, 0.1) is 23.0 Å². The van der Waals surface area contributed by atoms with Crippen LogP contribution in [-0.4, -0.2) is 55.6 Å². The zero-order valence-corrected chi connectivity index (χ0v) is 15.6. The summed E-state index contributed by atoms with van der Waals surface area (Å²) in [5.41, 5.74) is 1.02. The first-order valence-electron chi connectivity index (χ1n) is 7.85. The number of nitrogens with zero attached hydrogens (tertiary/aromatic N) is 3. The van der Waals surface area contributed by atoms with Crippen molar-refractivity contribution in [3.05, 3.63) is 15.6 Å². The lowest BCUT2D eigenvalue weighted by atomic mass is 10.4. The van der Waals surface area contributed by atoms with Crippen LogP contribution in [0.5, 0.6) is 0 Å². The molecule has 0 radical (unpaired) electrons. The van der Waals surface area contributed by atoms with Crippen molar-refractivity contribution in [2.24, 2.45) is 4.99 Å². The average Bonchev–Trinajstić information content (AvgIpc) is 2.98. The molecule has 1 saturated heterocycles. The Morgan fingerprint density at radius 1 is 1.39 bits per heavy atom. The minimum absolute atomic E-state index is 0.269. The Morgan fingerprint density at radius 2 is 2.17 bits per heavy atom. The highest BCUT2D eigenvalue weighted by molar-refractivity contribution is 7.89. The summed E-state index contributed by atoms with van der Waals surface area (Å²) in [5.74, 6) is 0.972. The fraction of sp³-hybridized carbons (Fsp3) is 0.714. The zero-order chi connectivity index (χ0) is 16.9. The molecule has 0 bridgehead atoms. The second kappa shape index (κ2) is 8.07. The monoisotopic (exact) mass is 359 g/mol. The highest BCUT2D eigenvalue weighted by atomic mass is 32.2. The van der Waals surface area contributed by atoms with Gasteiger partial charge in [-0.3, -0.25) is 0 Å². The van der Waals surface area contributed by atoms with Gasteiger partial charge in [-0.2, -0.15) is 0 Å². The third-order valence-electron chi connectivity index (χ3n) is 3.58. The minimum Gasteiger partial charge on any atom is -0.357 e. The molecule has 0 saturated carbocycles. The fourth-order valence-corrected chi connectivity index (χ4v) is 4.84. The van der Waals surface area contributed by atoms with Gasteiger partial charge >= 0.3 is 0 Å². The van der Waals surface area contributed by atoms with Gasteiger partial charge in [-0.1, -0.05) is 0 Å². The quantitative estimate of drug-likeness (QED) is 0.581. The summed E-state index contributed by atoms with van der Waals surface area (Å²) in [6.07, 6.45) is 0.723. The summed E-state index contributed by atoms with van der Waals surface area (Å²) in [6, 6.07) is 0. The second-order valence-corrected chi connectivity index (χ2v) is 8.81. The van der Waals surface area contributed by atoms with Crippen molar-refractivity contribution in [1.82, 2.24) is 19.9 Å². The standard InChI is InChI=1S/C14H25N5O2S2/c1-4-15-14(17-10-13-11(2)18-12(3)22-13)16-6-8-19-7-5-9-23(19,20)21/h4-10H2,1-3H3,(H2,15,16,17). The molecule has 1 aromatic heterocycles. The number of hydrogen-bond acceptors (Lipinski definition) is 5. The highest BCUT2D eigenvalue weighted by Crippen LogP contribution is 2.17. The first-order valence-corrected chi connectivity index (χ1v) is 10.3. The zero-order valence-electron chi connectivity index (χ0n) is 13.9. The van der Waals surface area contributed by atoms with Gasteiger partial charge in [-0.05, 0) is 27.2 Å².